The van der Waals surface area contributed by atoms with Crippen molar-refractivity contribution in [2.75, 3.05) is 5.75 Å². The van der Waals surface area contributed by atoms with Gasteiger partial charge in [-0.2, -0.15) is 0 Å². The molecule has 2 amide bonds. The van der Waals surface area contributed by atoms with Crippen molar-refractivity contribution in [1.82, 2.24) is 10.2 Å². The van der Waals surface area contributed by atoms with Gasteiger partial charge < -0.3 is 10.2 Å². The van der Waals surface area contributed by atoms with Gasteiger partial charge in [0.1, 0.15) is 6.04 Å². The number of rotatable bonds is 10. The van der Waals surface area contributed by atoms with Crippen LogP contribution in [0.3, 0.4) is 0 Å². The molecule has 0 heterocycles. The zero-order chi connectivity index (χ0) is 22.1. The Morgan fingerprint density at radius 1 is 1.03 bits per heavy atom. The molecular weight excluding hydrogens is 439 g/mol. The summed E-state index contributed by atoms with van der Waals surface area (Å²) in [4.78, 5) is 28.7. The normalized spacial score (nSPS) is 12.8. The number of nitrogens with zero attached hydrogens (tertiary/aromatic N) is 1. The van der Waals surface area contributed by atoms with Crippen LogP contribution in [0.4, 0.5) is 0 Å². The second-order valence-electron chi connectivity index (χ2n) is 7.10. The van der Waals surface area contributed by atoms with Crippen LogP contribution in [0.2, 0.25) is 10.0 Å². The summed E-state index contributed by atoms with van der Waals surface area (Å²) in [6.45, 7) is 6.18. The third-order valence-corrected chi connectivity index (χ3v) is 6.48. The molecule has 30 heavy (non-hydrogen) atoms. The van der Waals surface area contributed by atoms with Crippen molar-refractivity contribution >= 4 is 46.8 Å². The number of halogens is 2. The number of thioether (sulfide) groups is 1. The number of hydrogen-bond acceptors (Lipinski definition) is 3. The molecule has 1 N–H and O–H groups in total. The Hall–Kier alpha value is -1.69. The van der Waals surface area contributed by atoms with Crippen LogP contribution in [-0.4, -0.2) is 34.6 Å². The van der Waals surface area contributed by atoms with E-state index in [4.69, 9.17) is 23.2 Å². The quantitative estimate of drug-likeness (QED) is 0.449. The molecule has 0 aromatic heterocycles. The van der Waals surface area contributed by atoms with E-state index in [1.807, 2.05) is 51.1 Å². The lowest BCUT2D eigenvalue weighted by Crippen LogP contribution is -2.51. The number of nitrogens with one attached hydrogen (secondary N) is 1. The number of amides is 2. The van der Waals surface area contributed by atoms with E-state index < -0.39 is 6.04 Å². The molecular formula is C23H28Cl2N2O2S. The van der Waals surface area contributed by atoms with Gasteiger partial charge in [0.2, 0.25) is 11.8 Å². The molecule has 4 nitrogen and oxygen atoms in total. The van der Waals surface area contributed by atoms with Gasteiger partial charge in [-0.3, -0.25) is 9.59 Å². The molecule has 7 heteroatoms. The van der Waals surface area contributed by atoms with E-state index >= 15 is 0 Å². The maximum Gasteiger partial charge on any atom is 0.243 e. The van der Waals surface area contributed by atoms with Gasteiger partial charge in [-0.05, 0) is 55.7 Å². The van der Waals surface area contributed by atoms with Crippen LogP contribution >= 0.6 is 35.0 Å². The zero-order valence-corrected chi connectivity index (χ0v) is 19.9. The van der Waals surface area contributed by atoms with Crippen molar-refractivity contribution in [2.24, 2.45) is 0 Å². The minimum absolute atomic E-state index is 0.0484. The molecule has 2 aromatic carbocycles. The van der Waals surface area contributed by atoms with Gasteiger partial charge in [0.15, 0.2) is 0 Å². The van der Waals surface area contributed by atoms with E-state index in [1.165, 1.54) is 11.8 Å². The molecule has 0 bridgehead atoms. The Morgan fingerprint density at radius 2 is 1.70 bits per heavy atom. The minimum atomic E-state index is -0.561. The maximum atomic E-state index is 13.2. The third kappa shape index (κ3) is 7.22. The molecule has 0 aliphatic carbocycles. The molecule has 2 rings (SSSR count). The van der Waals surface area contributed by atoms with Crippen molar-refractivity contribution in [2.45, 2.75) is 57.1 Å². The first-order valence-electron chi connectivity index (χ1n) is 10.1. The highest BCUT2D eigenvalue weighted by Gasteiger charge is 2.29. The predicted molar refractivity (Wildman–Crippen MR) is 126 cm³/mol. The van der Waals surface area contributed by atoms with E-state index in [-0.39, 0.29) is 30.2 Å². The Balaban J connectivity index is 2.21. The molecule has 0 unspecified atom stereocenters. The highest BCUT2D eigenvalue weighted by molar-refractivity contribution is 8.00. The fourth-order valence-electron chi connectivity index (χ4n) is 2.93. The smallest absolute Gasteiger partial charge is 0.243 e. The fraction of sp³-hybridized carbons (Fsp3) is 0.391. The van der Waals surface area contributed by atoms with Crippen molar-refractivity contribution < 1.29 is 9.59 Å². The Bertz CT molecular complexity index is 845. The monoisotopic (exact) mass is 466 g/mol. The molecule has 0 saturated heterocycles. The van der Waals surface area contributed by atoms with Gasteiger partial charge in [-0.1, -0.05) is 55.2 Å². The number of hydrogen-bond donors (Lipinski definition) is 1. The van der Waals surface area contributed by atoms with Crippen LogP contribution < -0.4 is 5.32 Å². The first-order valence-corrected chi connectivity index (χ1v) is 11.8. The molecule has 0 fully saturated rings. The van der Waals surface area contributed by atoms with E-state index in [9.17, 15) is 9.59 Å². The Kier molecular flexibility index (Phi) is 10.0. The highest BCUT2D eigenvalue weighted by atomic mass is 35.5. The topological polar surface area (TPSA) is 49.4 Å². The van der Waals surface area contributed by atoms with Crippen molar-refractivity contribution in [3.05, 3.63) is 64.1 Å². The van der Waals surface area contributed by atoms with E-state index in [2.05, 4.69) is 5.32 Å². The summed E-state index contributed by atoms with van der Waals surface area (Å²) >= 11 is 13.7. The van der Waals surface area contributed by atoms with Crippen molar-refractivity contribution in [1.29, 1.82) is 0 Å². The molecule has 162 valence electrons. The minimum Gasteiger partial charge on any atom is -0.352 e. The van der Waals surface area contributed by atoms with E-state index in [0.717, 1.165) is 16.9 Å². The molecule has 2 aromatic rings. The van der Waals surface area contributed by atoms with Gasteiger partial charge in [0.05, 0.1) is 5.75 Å². The summed E-state index contributed by atoms with van der Waals surface area (Å²) < 4.78 is 0. The van der Waals surface area contributed by atoms with Gasteiger partial charge >= 0.3 is 0 Å². The van der Waals surface area contributed by atoms with Crippen LogP contribution in [0.25, 0.3) is 0 Å². The van der Waals surface area contributed by atoms with Gasteiger partial charge in [0.25, 0.3) is 0 Å². The third-order valence-electron chi connectivity index (χ3n) is 4.86. The molecule has 0 aliphatic heterocycles. The van der Waals surface area contributed by atoms with Crippen molar-refractivity contribution in [3.63, 3.8) is 0 Å². The van der Waals surface area contributed by atoms with E-state index in [0.29, 0.717) is 16.5 Å². The second-order valence-corrected chi connectivity index (χ2v) is 8.99. The number of carbonyl (C=O) groups excluding carboxylic acids is 2. The lowest BCUT2D eigenvalue weighted by atomic mass is 10.1. The lowest BCUT2D eigenvalue weighted by molar-refractivity contribution is -0.139. The molecule has 0 spiro atoms. The summed E-state index contributed by atoms with van der Waals surface area (Å²) in [6.07, 6.45) is 1.34. The van der Waals surface area contributed by atoms with Gasteiger partial charge in [-0.15, -0.1) is 11.8 Å². The summed E-state index contributed by atoms with van der Waals surface area (Å²) in [5.74, 6) is -0.0242. The van der Waals surface area contributed by atoms with Crippen LogP contribution in [0, 0.1) is 0 Å². The second kappa shape index (κ2) is 12.2. The van der Waals surface area contributed by atoms with Crippen LogP contribution in [0.1, 0.15) is 39.2 Å². The SMILES string of the molecule is CC[C@@H](C)NC(=O)[C@H](CC)N(Cc1ccccc1Cl)C(=O)CSc1ccc(Cl)cc1. The van der Waals surface area contributed by atoms with Crippen LogP contribution in [-0.2, 0) is 16.1 Å². The first kappa shape index (κ1) is 24.6. The summed E-state index contributed by atoms with van der Waals surface area (Å²) in [5.41, 5.74) is 0.818. The number of carbonyl (C=O) groups is 2. The largest absolute Gasteiger partial charge is 0.352 e. The Morgan fingerprint density at radius 3 is 2.30 bits per heavy atom. The lowest BCUT2D eigenvalue weighted by Gasteiger charge is -2.31. The summed E-state index contributed by atoms with van der Waals surface area (Å²) in [6, 6.07) is 14.2. The van der Waals surface area contributed by atoms with Crippen molar-refractivity contribution in [3.8, 4) is 0 Å². The average Bonchev–Trinajstić information content (AvgIpc) is 2.74. The zero-order valence-electron chi connectivity index (χ0n) is 17.5. The summed E-state index contributed by atoms with van der Waals surface area (Å²) in [5, 5.41) is 4.24. The molecule has 2 atom stereocenters. The summed E-state index contributed by atoms with van der Waals surface area (Å²) in [7, 11) is 0. The van der Waals surface area contributed by atoms with E-state index in [1.54, 1.807) is 23.1 Å². The van der Waals surface area contributed by atoms with Gasteiger partial charge in [0, 0.05) is 27.5 Å². The van der Waals surface area contributed by atoms with Gasteiger partial charge in [-0.25, -0.2) is 0 Å². The van der Waals surface area contributed by atoms with Crippen LogP contribution in [0.15, 0.2) is 53.4 Å². The Labute approximate surface area is 193 Å². The predicted octanol–water partition coefficient (Wildman–Crippen LogP) is 5.81. The highest BCUT2D eigenvalue weighted by Crippen LogP contribution is 2.24. The average molecular weight is 467 g/mol. The molecule has 0 radical (unpaired) electrons. The standard InChI is InChI=1S/C23H28Cl2N2O2S/c1-4-16(3)26-23(29)21(5-2)27(14-17-8-6-7-9-20(17)25)22(28)15-30-19-12-10-18(24)11-13-19/h6-13,16,21H,4-5,14-15H2,1-3H3,(H,26,29)/t16-,21+/m1/s1. The molecule has 0 aliphatic rings. The molecule has 0 saturated carbocycles. The maximum absolute atomic E-state index is 13.2. The van der Waals surface area contributed by atoms with Crippen LogP contribution in [0.5, 0.6) is 0 Å². The first-order chi connectivity index (χ1) is 14.3. The number of benzene rings is 2. The fourth-order valence-corrected chi connectivity index (χ4v) is 4.04.